The van der Waals surface area contributed by atoms with Crippen molar-refractivity contribution >= 4 is 28.2 Å². The lowest BCUT2D eigenvalue weighted by Gasteiger charge is -2.20. The van der Waals surface area contributed by atoms with Crippen LogP contribution in [0.2, 0.25) is 0 Å². The smallest absolute Gasteiger partial charge is 0.260 e. The van der Waals surface area contributed by atoms with E-state index in [4.69, 9.17) is 9.15 Å². The number of halogens is 2. The first-order valence-electron chi connectivity index (χ1n) is 8.96. The minimum absolute atomic E-state index is 0.0920. The van der Waals surface area contributed by atoms with Crippen LogP contribution in [0.25, 0.3) is 11.5 Å². The molecule has 0 radical (unpaired) electrons. The Hall–Kier alpha value is -2.91. The van der Waals surface area contributed by atoms with Gasteiger partial charge in [0.15, 0.2) is 16.7 Å². The van der Waals surface area contributed by atoms with Gasteiger partial charge in [-0.15, -0.1) is 0 Å². The molecule has 1 fully saturated rings. The fourth-order valence-corrected chi connectivity index (χ4v) is 4.09. The minimum atomic E-state index is -0.983. The molecule has 2 aromatic heterocycles. The number of furan rings is 1. The first kappa shape index (κ1) is 19.4. The number of anilines is 1. The lowest BCUT2D eigenvalue weighted by Crippen LogP contribution is -2.23. The van der Waals surface area contributed by atoms with Gasteiger partial charge in [0.2, 0.25) is 0 Å². The summed E-state index contributed by atoms with van der Waals surface area (Å²) in [4.78, 5) is 30.1. The number of hydrogen-bond acceptors (Lipinski definition) is 6. The maximum Gasteiger partial charge on any atom is 0.260 e. The molecular formula is C20H16F2N2O4S. The van der Waals surface area contributed by atoms with E-state index in [1.54, 1.807) is 12.1 Å². The second-order valence-electron chi connectivity index (χ2n) is 6.50. The van der Waals surface area contributed by atoms with E-state index in [2.05, 4.69) is 10.3 Å². The van der Waals surface area contributed by atoms with Gasteiger partial charge in [0.05, 0.1) is 11.8 Å². The average Bonchev–Trinajstić information content (AvgIpc) is 3.37. The molecule has 0 saturated carbocycles. The van der Waals surface area contributed by atoms with Crippen LogP contribution in [0.1, 0.15) is 32.9 Å². The first-order chi connectivity index (χ1) is 14.0. The van der Waals surface area contributed by atoms with E-state index in [1.165, 1.54) is 6.26 Å². The Morgan fingerprint density at radius 1 is 1.17 bits per heavy atom. The van der Waals surface area contributed by atoms with Crippen LogP contribution in [0.5, 0.6) is 0 Å². The maximum absolute atomic E-state index is 13.9. The third-order valence-corrected chi connectivity index (χ3v) is 5.58. The van der Waals surface area contributed by atoms with E-state index < -0.39 is 17.5 Å². The molecule has 0 aliphatic carbocycles. The van der Waals surface area contributed by atoms with Crippen LogP contribution in [-0.2, 0) is 4.74 Å². The Kier molecular flexibility index (Phi) is 5.50. The number of amides is 1. The predicted octanol–water partition coefficient (Wildman–Crippen LogP) is 4.54. The van der Waals surface area contributed by atoms with Crippen LogP contribution >= 0.6 is 11.3 Å². The van der Waals surface area contributed by atoms with Crippen molar-refractivity contribution in [3.8, 4) is 11.5 Å². The van der Waals surface area contributed by atoms with Gasteiger partial charge in [-0.1, -0.05) is 11.3 Å². The van der Waals surface area contributed by atoms with Crippen molar-refractivity contribution in [1.82, 2.24) is 4.98 Å². The van der Waals surface area contributed by atoms with E-state index in [0.29, 0.717) is 48.5 Å². The molecule has 150 valence electrons. The van der Waals surface area contributed by atoms with Crippen molar-refractivity contribution in [2.45, 2.75) is 12.8 Å². The van der Waals surface area contributed by atoms with Crippen molar-refractivity contribution in [2.24, 2.45) is 5.92 Å². The number of rotatable bonds is 5. The highest BCUT2D eigenvalue weighted by atomic mass is 32.1. The summed E-state index contributed by atoms with van der Waals surface area (Å²) in [5, 5.41) is 2.61. The minimum Gasteiger partial charge on any atom is -0.463 e. The topological polar surface area (TPSA) is 81.4 Å². The van der Waals surface area contributed by atoms with Crippen LogP contribution in [0.4, 0.5) is 13.9 Å². The number of hydrogen-bond donors (Lipinski definition) is 1. The number of thiazole rings is 1. The zero-order valence-corrected chi connectivity index (χ0v) is 15.9. The summed E-state index contributed by atoms with van der Waals surface area (Å²) in [5.41, 5.74) is 0.00447. The van der Waals surface area contributed by atoms with Crippen molar-refractivity contribution < 1.29 is 27.5 Å². The van der Waals surface area contributed by atoms with Gasteiger partial charge in [0, 0.05) is 25.2 Å². The largest absolute Gasteiger partial charge is 0.463 e. The lowest BCUT2D eigenvalue weighted by atomic mass is 9.94. The quantitative estimate of drug-likeness (QED) is 0.615. The molecule has 6 nitrogen and oxygen atoms in total. The molecule has 0 unspecified atom stereocenters. The molecule has 3 aromatic rings. The summed E-state index contributed by atoms with van der Waals surface area (Å²) < 4.78 is 37.7. The number of benzene rings is 1. The highest BCUT2D eigenvalue weighted by Gasteiger charge is 2.29. The van der Waals surface area contributed by atoms with Gasteiger partial charge < -0.3 is 9.15 Å². The zero-order chi connectivity index (χ0) is 20.4. The number of ketones is 1. The lowest BCUT2D eigenvalue weighted by molar-refractivity contribution is 0.0547. The predicted molar refractivity (Wildman–Crippen MR) is 102 cm³/mol. The molecule has 3 heterocycles. The van der Waals surface area contributed by atoms with Crippen molar-refractivity contribution in [1.29, 1.82) is 0 Å². The number of ether oxygens (including phenoxy) is 1. The fraction of sp³-hybridized carbons (Fsp3) is 0.250. The summed E-state index contributed by atoms with van der Waals surface area (Å²) in [6.07, 6.45) is 2.68. The fourth-order valence-electron chi connectivity index (χ4n) is 3.10. The van der Waals surface area contributed by atoms with Gasteiger partial charge in [0.25, 0.3) is 5.91 Å². The summed E-state index contributed by atoms with van der Waals surface area (Å²) in [6, 6.07) is 6.01. The molecule has 4 rings (SSSR count). The van der Waals surface area contributed by atoms with Gasteiger partial charge >= 0.3 is 0 Å². The van der Waals surface area contributed by atoms with E-state index >= 15 is 0 Å². The molecular weight excluding hydrogens is 402 g/mol. The first-order valence-corrected chi connectivity index (χ1v) is 9.77. The molecule has 1 amide bonds. The second kappa shape index (κ2) is 8.22. The number of aromatic nitrogens is 1. The number of carbonyl (C=O) groups is 2. The molecule has 1 N–H and O–H groups in total. The maximum atomic E-state index is 13.9. The van der Waals surface area contributed by atoms with Crippen LogP contribution in [0, 0.1) is 17.6 Å². The van der Waals surface area contributed by atoms with Crippen molar-refractivity contribution in [3.05, 3.63) is 58.7 Å². The van der Waals surface area contributed by atoms with Gasteiger partial charge in [0.1, 0.15) is 22.2 Å². The molecule has 1 aliphatic heterocycles. The zero-order valence-electron chi connectivity index (χ0n) is 15.1. The second-order valence-corrected chi connectivity index (χ2v) is 7.50. The highest BCUT2D eigenvalue weighted by Crippen LogP contribution is 2.35. The van der Waals surface area contributed by atoms with Gasteiger partial charge in [-0.2, -0.15) is 0 Å². The van der Waals surface area contributed by atoms with Gasteiger partial charge in [-0.3, -0.25) is 14.9 Å². The summed E-state index contributed by atoms with van der Waals surface area (Å²) >= 11 is 1.00. The summed E-state index contributed by atoms with van der Waals surface area (Å²) in [5.74, 6) is -2.44. The highest BCUT2D eigenvalue weighted by molar-refractivity contribution is 7.18. The van der Waals surface area contributed by atoms with E-state index in [9.17, 15) is 18.4 Å². The van der Waals surface area contributed by atoms with Crippen molar-refractivity contribution in [2.75, 3.05) is 18.5 Å². The van der Waals surface area contributed by atoms with Crippen LogP contribution in [0.15, 0.2) is 41.0 Å². The van der Waals surface area contributed by atoms with Gasteiger partial charge in [-0.05, 0) is 37.1 Å². The van der Waals surface area contributed by atoms with E-state index in [-0.39, 0.29) is 22.4 Å². The van der Waals surface area contributed by atoms with Crippen LogP contribution in [-0.4, -0.2) is 29.9 Å². The SMILES string of the molecule is O=C(Nc1nc(-c2ccco2)c(C(=O)C2CCOCC2)s1)c1ccc(F)cc1F. The van der Waals surface area contributed by atoms with E-state index in [0.717, 1.165) is 23.5 Å². The Bertz CT molecular complexity index is 1040. The van der Waals surface area contributed by atoms with E-state index in [1.807, 2.05) is 0 Å². The third kappa shape index (κ3) is 4.10. The average molecular weight is 418 g/mol. The number of carbonyl (C=O) groups excluding carboxylic acids is 2. The normalized spacial score (nSPS) is 14.7. The number of nitrogens with zero attached hydrogens (tertiary/aromatic N) is 1. The molecule has 1 saturated heterocycles. The molecule has 0 atom stereocenters. The Balaban J connectivity index is 1.64. The molecule has 9 heteroatoms. The molecule has 0 spiro atoms. The monoisotopic (exact) mass is 418 g/mol. The third-order valence-electron chi connectivity index (χ3n) is 4.59. The summed E-state index contributed by atoms with van der Waals surface area (Å²) in [6.45, 7) is 1.03. The van der Waals surface area contributed by atoms with Crippen molar-refractivity contribution in [3.63, 3.8) is 0 Å². The Labute approximate surface area is 168 Å². The molecule has 0 bridgehead atoms. The van der Waals surface area contributed by atoms with Gasteiger partial charge in [-0.25, -0.2) is 13.8 Å². The standard InChI is InChI=1S/C20H16F2N2O4S/c21-12-3-4-13(14(22)10-12)19(26)24-20-23-16(15-2-1-7-28-15)18(29-20)17(25)11-5-8-27-9-6-11/h1-4,7,10-11H,5-6,8-9H2,(H,23,24,26). The summed E-state index contributed by atoms with van der Waals surface area (Å²) in [7, 11) is 0. The Morgan fingerprint density at radius 2 is 1.97 bits per heavy atom. The van der Waals surface area contributed by atoms with Crippen LogP contribution in [0.3, 0.4) is 0 Å². The van der Waals surface area contributed by atoms with Crippen LogP contribution < -0.4 is 5.32 Å². The Morgan fingerprint density at radius 3 is 2.66 bits per heavy atom. The molecule has 1 aliphatic rings. The number of Topliss-reactive ketones (excluding diaryl/α,β-unsaturated/α-hetero) is 1. The molecule has 29 heavy (non-hydrogen) atoms. The number of nitrogens with one attached hydrogen (secondary N) is 1. The molecule has 1 aromatic carbocycles.